The van der Waals surface area contributed by atoms with Gasteiger partial charge in [0.15, 0.2) is 0 Å². The predicted octanol–water partition coefficient (Wildman–Crippen LogP) is 2.58. The van der Waals surface area contributed by atoms with Gasteiger partial charge in [-0.05, 0) is 45.7 Å². The zero-order valence-corrected chi connectivity index (χ0v) is 16.5. The molecule has 2 aromatic rings. The molecule has 1 aliphatic rings. The molecule has 0 saturated carbocycles. The lowest BCUT2D eigenvalue weighted by Crippen LogP contribution is -2.40. The molecular weight excluding hydrogens is 344 g/mol. The van der Waals surface area contributed by atoms with Crippen molar-refractivity contribution in [2.45, 2.75) is 45.6 Å². The highest BCUT2D eigenvalue weighted by Gasteiger charge is 2.31. The third-order valence-corrected chi connectivity index (χ3v) is 4.99. The highest BCUT2D eigenvalue weighted by Crippen LogP contribution is 2.29. The molecule has 1 aromatic carbocycles. The topological polar surface area (TPSA) is 69.4 Å². The number of hydrogen-bond acceptors (Lipinski definition) is 4. The first-order chi connectivity index (χ1) is 12.9. The van der Waals surface area contributed by atoms with E-state index >= 15 is 0 Å². The van der Waals surface area contributed by atoms with Gasteiger partial charge in [0.2, 0.25) is 0 Å². The van der Waals surface area contributed by atoms with E-state index in [9.17, 15) is 9.59 Å². The molecule has 0 bridgehead atoms. The number of benzene rings is 1. The second-order valence-electron chi connectivity index (χ2n) is 7.25. The van der Waals surface area contributed by atoms with E-state index in [4.69, 9.17) is 4.74 Å². The van der Waals surface area contributed by atoms with Crippen LogP contribution >= 0.6 is 0 Å². The van der Waals surface area contributed by atoms with Crippen LogP contribution in [0, 0.1) is 0 Å². The Morgan fingerprint density at radius 3 is 2.78 bits per heavy atom. The maximum Gasteiger partial charge on any atom is 0.345 e. The molecular formula is C20H28N4O3. The summed E-state index contributed by atoms with van der Waals surface area (Å²) in [5, 5.41) is 4.47. The lowest BCUT2D eigenvalue weighted by Gasteiger charge is -2.33. The Balaban J connectivity index is 1.86. The first-order valence-corrected chi connectivity index (χ1v) is 9.60. The summed E-state index contributed by atoms with van der Waals surface area (Å²) in [4.78, 5) is 27.4. The minimum absolute atomic E-state index is 0.0295. The lowest BCUT2D eigenvalue weighted by molar-refractivity contribution is 0.0698. The smallest absolute Gasteiger partial charge is 0.345 e. The number of piperidine rings is 1. The summed E-state index contributed by atoms with van der Waals surface area (Å²) in [5.41, 5.74) is 0.479. The largest absolute Gasteiger partial charge is 0.493 e. The van der Waals surface area contributed by atoms with Gasteiger partial charge in [0.05, 0.1) is 12.2 Å². The van der Waals surface area contributed by atoms with E-state index in [0.29, 0.717) is 31.0 Å². The average Bonchev–Trinajstić information content (AvgIpc) is 2.97. The molecule has 0 spiro atoms. The fourth-order valence-electron chi connectivity index (χ4n) is 3.73. The molecule has 1 atom stereocenters. The first kappa shape index (κ1) is 19.2. The normalized spacial score (nSPS) is 17.4. The van der Waals surface area contributed by atoms with Gasteiger partial charge in [-0.2, -0.15) is 5.10 Å². The van der Waals surface area contributed by atoms with E-state index in [1.165, 1.54) is 4.68 Å². The minimum Gasteiger partial charge on any atom is -0.493 e. The van der Waals surface area contributed by atoms with Crippen LogP contribution in [0.3, 0.4) is 0 Å². The summed E-state index contributed by atoms with van der Waals surface area (Å²) in [6.07, 6.45) is 1.80. The van der Waals surface area contributed by atoms with Gasteiger partial charge < -0.3 is 9.64 Å². The number of carbonyl (C=O) groups excluding carboxylic acids is 1. The number of nitrogens with zero attached hydrogens (tertiary/aromatic N) is 4. The van der Waals surface area contributed by atoms with Crippen LogP contribution in [0.25, 0.3) is 0 Å². The molecule has 2 heterocycles. The molecule has 1 aromatic heterocycles. The van der Waals surface area contributed by atoms with Gasteiger partial charge in [0, 0.05) is 32.1 Å². The summed E-state index contributed by atoms with van der Waals surface area (Å²) >= 11 is 0. The summed E-state index contributed by atoms with van der Waals surface area (Å²) in [5.74, 6) is 1.41. The SMILES string of the molecule is CCOc1ccccc1C(=O)N1CCCC(c2nn(C)c(=O)n2C(C)C)C1. The van der Waals surface area contributed by atoms with Gasteiger partial charge in [-0.25, -0.2) is 9.48 Å². The standard InChI is InChI=1S/C20H28N4O3/c1-5-27-17-11-7-6-10-16(17)19(25)23-12-8-9-15(13-23)18-21-22(4)20(26)24(18)14(2)3/h6-7,10-11,14-15H,5,8-9,12-13H2,1-4H3. The number of para-hydroxylation sites is 1. The van der Waals surface area contributed by atoms with E-state index < -0.39 is 0 Å². The fraction of sp³-hybridized carbons (Fsp3) is 0.550. The summed E-state index contributed by atoms with van der Waals surface area (Å²) in [7, 11) is 1.68. The van der Waals surface area contributed by atoms with Crippen molar-refractivity contribution in [1.82, 2.24) is 19.2 Å². The molecule has 1 unspecified atom stereocenters. The van der Waals surface area contributed by atoms with Crippen LogP contribution in [0.2, 0.25) is 0 Å². The fourth-order valence-corrected chi connectivity index (χ4v) is 3.73. The van der Waals surface area contributed by atoms with Crippen molar-refractivity contribution < 1.29 is 9.53 Å². The number of rotatable bonds is 5. The molecule has 0 N–H and O–H groups in total. The maximum absolute atomic E-state index is 13.1. The monoisotopic (exact) mass is 372 g/mol. The summed E-state index contributed by atoms with van der Waals surface area (Å²) < 4.78 is 8.75. The van der Waals surface area contributed by atoms with Crippen molar-refractivity contribution in [3.8, 4) is 5.75 Å². The molecule has 27 heavy (non-hydrogen) atoms. The molecule has 1 saturated heterocycles. The van der Waals surface area contributed by atoms with E-state index in [0.717, 1.165) is 18.7 Å². The Bertz CT molecular complexity index is 868. The van der Waals surface area contributed by atoms with Crippen LogP contribution in [0.5, 0.6) is 5.75 Å². The number of ether oxygens (including phenoxy) is 1. The van der Waals surface area contributed by atoms with Gasteiger partial charge in [-0.3, -0.25) is 9.36 Å². The van der Waals surface area contributed by atoms with E-state index in [1.807, 2.05) is 49.9 Å². The van der Waals surface area contributed by atoms with Gasteiger partial charge in [0.25, 0.3) is 5.91 Å². The number of aryl methyl sites for hydroxylation is 1. The number of hydrogen-bond donors (Lipinski definition) is 0. The molecule has 7 nitrogen and oxygen atoms in total. The lowest BCUT2D eigenvalue weighted by atomic mass is 9.96. The highest BCUT2D eigenvalue weighted by atomic mass is 16.5. The molecule has 0 radical (unpaired) electrons. The van der Waals surface area contributed by atoms with Crippen LogP contribution in [0.4, 0.5) is 0 Å². The molecule has 1 aliphatic heterocycles. The zero-order valence-electron chi connectivity index (χ0n) is 16.5. The van der Waals surface area contributed by atoms with Crippen molar-refractivity contribution >= 4 is 5.91 Å². The second kappa shape index (κ2) is 7.98. The molecule has 0 aliphatic carbocycles. The van der Waals surface area contributed by atoms with Gasteiger partial charge in [-0.1, -0.05) is 12.1 Å². The minimum atomic E-state index is -0.106. The van der Waals surface area contributed by atoms with E-state index in [1.54, 1.807) is 11.6 Å². The molecule has 146 valence electrons. The van der Waals surface area contributed by atoms with Gasteiger partial charge in [0.1, 0.15) is 11.6 Å². The number of aromatic nitrogens is 3. The Labute approximate surface area is 159 Å². The Hall–Kier alpha value is -2.57. The average molecular weight is 372 g/mol. The number of likely N-dealkylation sites (tertiary alicyclic amines) is 1. The van der Waals surface area contributed by atoms with Crippen LogP contribution < -0.4 is 10.4 Å². The van der Waals surface area contributed by atoms with E-state index in [-0.39, 0.29) is 23.6 Å². The molecule has 3 rings (SSSR count). The maximum atomic E-state index is 13.1. The van der Waals surface area contributed by atoms with Crippen LogP contribution in [-0.2, 0) is 7.05 Å². The predicted molar refractivity (Wildman–Crippen MR) is 103 cm³/mol. The molecule has 7 heteroatoms. The molecule has 1 amide bonds. The third-order valence-electron chi connectivity index (χ3n) is 4.99. The zero-order chi connectivity index (χ0) is 19.6. The van der Waals surface area contributed by atoms with Crippen molar-refractivity contribution in [3.63, 3.8) is 0 Å². The van der Waals surface area contributed by atoms with Crippen LogP contribution in [0.15, 0.2) is 29.1 Å². The Morgan fingerprint density at radius 1 is 1.33 bits per heavy atom. The third kappa shape index (κ3) is 3.77. The van der Waals surface area contributed by atoms with E-state index in [2.05, 4.69) is 5.10 Å². The van der Waals surface area contributed by atoms with Crippen LogP contribution in [0.1, 0.15) is 61.8 Å². The first-order valence-electron chi connectivity index (χ1n) is 9.60. The second-order valence-corrected chi connectivity index (χ2v) is 7.25. The van der Waals surface area contributed by atoms with Crippen molar-refractivity contribution in [1.29, 1.82) is 0 Å². The van der Waals surface area contributed by atoms with Gasteiger partial charge in [-0.15, -0.1) is 0 Å². The quantitative estimate of drug-likeness (QED) is 0.809. The Morgan fingerprint density at radius 2 is 2.07 bits per heavy atom. The van der Waals surface area contributed by atoms with Crippen molar-refractivity contribution in [2.24, 2.45) is 7.05 Å². The molecule has 1 fully saturated rings. The van der Waals surface area contributed by atoms with Crippen molar-refractivity contribution in [2.75, 3.05) is 19.7 Å². The Kier molecular flexibility index (Phi) is 5.68. The highest BCUT2D eigenvalue weighted by molar-refractivity contribution is 5.97. The number of carbonyl (C=O) groups is 1. The summed E-state index contributed by atoms with van der Waals surface area (Å²) in [6, 6.07) is 7.39. The van der Waals surface area contributed by atoms with Crippen molar-refractivity contribution in [3.05, 3.63) is 46.1 Å². The van der Waals surface area contributed by atoms with Gasteiger partial charge >= 0.3 is 5.69 Å². The number of amides is 1. The summed E-state index contributed by atoms with van der Waals surface area (Å²) in [6.45, 7) is 7.65. The van der Waals surface area contributed by atoms with Crippen LogP contribution in [-0.4, -0.2) is 44.9 Å².